The molecular weight excluding hydrogens is 366 g/mol. The Bertz CT molecular complexity index is 822. The molecule has 7 heteroatoms. The number of benzene rings is 2. The summed E-state index contributed by atoms with van der Waals surface area (Å²) in [7, 11) is 0. The first-order valence-corrected chi connectivity index (χ1v) is 9.55. The summed E-state index contributed by atoms with van der Waals surface area (Å²) in [5.41, 5.74) is 2.08. The number of quaternary nitrogens is 1. The van der Waals surface area contributed by atoms with E-state index in [1.165, 1.54) is 4.90 Å². The lowest BCUT2D eigenvalue weighted by atomic mass is 10.2. The number of nitrogens with zero attached hydrogens (tertiary/aromatic N) is 1. The fourth-order valence-corrected chi connectivity index (χ4v) is 3.75. The average molecular weight is 389 g/mol. The van der Waals surface area contributed by atoms with Crippen LogP contribution in [0.25, 0.3) is 0 Å². The molecule has 2 aromatic carbocycles. The van der Waals surface area contributed by atoms with Gasteiger partial charge in [-0.25, -0.2) is 0 Å². The van der Waals surface area contributed by atoms with Gasteiger partial charge in [0.05, 0.1) is 36.9 Å². The number of rotatable bonds is 5. The number of amides is 1. The second-order valence-corrected chi connectivity index (χ2v) is 7.24. The predicted octanol–water partition coefficient (Wildman–Crippen LogP) is 1.09. The molecule has 142 valence electrons. The second kappa shape index (κ2) is 8.06. The zero-order valence-corrected chi connectivity index (χ0v) is 15.8. The van der Waals surface area contributed by atoms with Crippen LogP contribution in [0.4, 0.5) is 5.69 Å². The monoisotopic (exact) mass is 388 g/mol. The Morgan fingerprint density at radius 1 is 1.11 bits per heavy atom. The number of ether oxygens (including phenoxy) is 2. The Labute approximate surface area is 163 Å². The third-order valence-corrected chi connectivity index (χ3v) is 5.32. The van der Waals surface area contributed by atoms with Gasteiger partial charge >= 0.3 is 0 Å². The quantitative estimate of drug-likeness (QED) is 0.805. The lowest BCUT2D eigenvalue weighted by Crippen LogP contribution is -3.15. The molecule has 0 unspecified atom stereocenters. The van der Waals surface area contributed by atoms with Crippen molar-refractivity contribution >= 4 is 23.2 Å². The van der Waals surface area contributed by atoms with Crippen molar-refractivity contribution in [1.29, 1.82) is 0 Å². The van der Waals surface area contributed by atoms with Gasteiger partial charge in [0.1, 0.15) is 0 Å². The molecule has 1 saturated heterocycles. The lowest BCUT2D eigenvalue weighted by Gasteiger charge is -2.33. The van der Waals surface area contributed by atoms with Gasteiger partial charge in [0.2, 0.25) is 6.79 Å². The highest BCUT2D eigenvalue weighted by Crippen LogP contribution is 2.32. The Kier molecular flexibility index (Phi) is 5.36. The van der Waals surface area contributed by atoms with Crippen LogP contribution in [0.5, 0.6) is 11.5 Å². The van der Waals surface area contributed by atoms with Crippen molar-refractivity contribution in [3.8, 4) is 11.5 Å². The highest BCUT2D eigenvalue weighted by molar-refractivity contribution is 6.33. The first-order valence-electron chi connectivity index (χ1n) is 9.17. The number of anilines is 1. The summed E-state index contributed by atoms with van der Waals surface area (Å²) in [5.74, 6) is 1.56. The molecule has 0 aliphatic carbocycles. The summed E-state index contributed by atoms with van der Waals surface area (Å²) in [6.07, 6.45) is 0. The van der Waals surface area contributed by atoms with Crippen LogP contribution in [-0.4, -0.2) is 45.4 Å². The number of halogens is 1. The number of fused-ring (bicyclic) bond motifs is 1. The minimum Gasteiger partial charge on any atom is -0.454 e. The van der Waals surface area contributed by atoms with E-state index < -0.39 is 0 Å². The molecule has 2 aliphatic rings. The Hall–Kier alpha value is -2.44. The second-order valence-electron chi connectivity index (χ2n) is 6.83. The largest absolute Gasteiger partial charge is 0.454 e. The van der Waals surface area contributed by atoms with Gasteiger partial charge in [-0.1, -0.05) is 29.8 Å². The van der Waals surface area contributed by atoms with Gasteiger partial charge in [0.15, 0.2) is 18.0 Å². The number of piperazine rings is 1. The number of hydrogen-bond donors (Lipinski definition) is 2. The van der Waals surface area contributed by atoms with Crippen LogP contribution < -0.4 is 24.6 Å². The highest BCUT2D eigenvalue weighted by Gasteiger charge is 2.23. The van der Waals surface area contributed by atoms with Crippen molar-refractivity contribution < 1.29 is 19.2 Å². The van der Waals surface area contributed by atoms with Crippen LogP contribution in [0.15, 0.2) is 42.5 Å². The molecule has 0 saturated carbocycles. The van der Waals surface area contributed by atoms with E-state index in [0.29, 0.717) is 13.1 Å². The van der Waals surface area contributed by atoms with Gasteiger partial charge in [0.25, 0.3) is 5.91 Å². The molecule has 2 aromatic rings. The molecule has 0 spiro atoms. The SMILES string of the molecule is O=C(C[NH+]1CCN(c2ccccc2Cl)CC1)NCc1ccc2c(c1)OCO2. The summed E-state index contributed by atoms with van der Waals surface area (Å²) in [5, 5.41) is 3.78. The minimum atomic E-state index is 0.0638. The van der Waals surface area contributed by atoms with E-state index in [1.807, 2.05) is 42.5 Å². The molecule has 4 rings (SSSR count). The van der Waals surface area contributed by atoms with Crippen LogP contribution in [0, 0.1) is 0 Å². The molecule has 2 aliphatic heterocycles. The molecule has 2 N–H and O–H groups in total. The first kappa shape index (κ1) is 17.9. The number of carbonyl (C=O) groups excluding carboxylic acids is 1. The standard InChI is InChI=1S/C20H22ClN3O3/c21-16-3-1-2-4-17(16)24-9-7-23(8-10-24)13-20(25)22-12-15-5-6-18-19(11-15)27-14-26-18/h1-6,11H,7-10,12-14H2,(H,22,25)/p+1. The van der Waals surface area contributed by atoms with Gasteiger partial charge in [-0.05, 0) is 29.8 Å². The third kappa shape index (κ3) is 4.28. The van der Waals surface area contributed by atoms with Gasteiger partial charge in [-0.2, -0.15) is 0 Å². The fourth-order valence-electron chi connectivity index (χ4n) is 3.49. The molecule has 0 aromatic heterocycles. The van der Waals surface area contributed by atoms with Crippen LogP contribution in [0.2, 0.25) is 5.02 Å². The summed E-state index contributed by atoms with van der Waals surface area (Å²) >= 11 is 6.28. The van der Waals surface area contributed by atoms with E-state index in [0.717, 1.165) is 54.0 Å². The molecule has 0 atom stereocenters. The molecule has 27 heavy (non-hydrogen) atoms. The average Bonchev–Trinajstić information content (AvgIpc) is 3.15. The van der Waals surface area contributed by atoms with Crippen molar-refractivity contribution in [3.05, 3.63) is 53.1 Å². The number of carbonyl (C=O) groups is 1. The molecule has 0 radical (unpaired) electrons. The van der Waals surface area contributed by atoms with Crippen LogP contribution in [0.3, 0.4) is 0 Å². The van der Waals surface area contributed by atoms with Crippen LogP contribution in [-0.2, 0) is 11.3 Å². The van der Waals surface area contributed by atoms with Gasteiger partial charge < -0.3 is 24.6 Å². The summed E-state index contributed by atoms with van der Waals surface area (Å²) in [4.78, 5) is 15.9. The maximum atomic E-state index is 12.3. The fraction of sp³-hybridized carbons (Fsp3) is 0.350. The number of nitrogens with one attached hydrogen (secondary N) is 2. The van der Waals surface area contributed by atoms with Crippen molar-refractivity contribution in [2.45, 2.75) is 6.54 Å². The first-order chi connectivity index (χ1) is 13.2. The van der Waals surface area contributed by atoms with E-state index >= 15 is 0 Å². The van der Waals surface area contributed by atoms with Crippen molar-refractivity contribution in [3.63, 3.8) is 0 Å². The zero-order chi connectivity index (χ0) is 18.6. The van der Waals surface area contributed by atoms with E-state index in [2.05, 4.69) is 10.2 Å². The molecule has 1 amide bonds. The van der Waals surface area contributed by atoms with Crippen molar-refractivity contribution in [2.75, 3.05) is 44.4 Å². The van der Waals surface area contributed by atoms with Gasteiger partial charge in [-0.15, -0.1) is 0 Å². The number of para-hydroxylation sites is 1. The van der Waals surface area contributed by atoms with Crippen LogP contribution in [0.1, 0.15) is 5.56 Å². The molecule has 1 fully saturated rings. The topological polar surface area (TPSA) is 55.2 Å². The Morgan fingerprint density at radius 2 is 1.89 bits per heavy atom. The maximum Gasteiger partial charge on any atom is 0.275 e. The van der Waals surface area contributed by atoms with Crippen molar-refractivity contribution in [2.24, 2.45) is 0 Å². The van der Waals surface area contributed by atoms with E-state index in [-0.39, 0.29) is 12.7 Å². The zero-order valence-electron chi connectivity index (χ0n) is 15.0. The van der Waals surface area contributed by atoms with Crippen LogP contribution >= 0.6 is 11.6 Å². The highest BCUT2D eigenvalue weighted by atomic mass is 35.5. The molecule has 2 heterocycles. The smallest absolute Gasteiger partial charge is 0.275 e. The van der Waals surface area contributed by atoms with Crippen molar-refractivity contribution in [1.82, 2.24) is 5.32 Å². The Balaban J connectivity index is 1.23. The minimum absolute atomic E-state index is 0.0638. The Morgan fingerprint density at radius 3 is 2.70 bits per heavy atom. The van der Waals surface area contributed by atoms with E-state index in [1.54, 1.807) is 0 Å². The summed E-state index contributed by atoms with van der Waals surface area (Å²) in [6.45, 7) is 4.87. The summed E-state index contributed by atoms with van der Waals surface area (Å²) < 4.78 is 10.7. The lowest BCUT2D eigenvalue weighted by molar-refractivity contribution is -0.892. The molecular formula is C20H23ClN3O3+. The molecule has 6 nitrogen and oxygen atoms in total. The third-order valence-electron chi connectivity index (χ3n) is 5.00. The predicted molar refractivity (Wildman–Crippen MR) is 104 cm³/mol. The normalized spacial score (nSPS) is 16.4. The van der Waals surface area contributed by atoms with Gasteiger partial charge in [-0.3, -0.25) is 4.79 Å². The van der Waals surface area contributed by atoms with E-state index in [4.69, 9.17) is 21.1 Å². The van der Waals surface area contributed by atoms with E-state index in [9.17, 15) is 4.79 Å². The molecule has 0 bridgehead atoms. The maximum absolute atomic E-state index is 12.3. The summed E-state index contributed by atoms with van der Waals surface area (Å²) in [6, 6.07) is 13.6. The number of hydrogen-bond acceptors (Lipinski definition) is 4. The van der Waals surface area contributed by atoms with Gasteiger partial charge in [0, 0.05) is 6.54 Å².